The highest BCUT2D eigenvalue weighted by molar-refractivity contribution is 6.07. The molecule has 2 aromatic rings. The Labute approximate surface area is 144 Å². The minimum Gasteiger partial charge on any atom is -0.507 e. The number of phenolic OH excluding ortho intramolecular Hbond substituents is 1. The van der Waals surface area contributed by atoms with Crippen LogP contribution in [-0.2, 0) is 6.54 Å². The van der Waals surface area contributed by atoms with E-state index in [1.54, 1.807) is 17.7 Å². The number of phenols is 1. The summed E-state index contributed by atoms with van der Waals surface area (Å²) in [6, 6.07) is 4.44. The fraction of sp³-hybridized carbons (Fsp3) is 0.353. The van der Waals surface area contributed by atoms with E-state index >= 15 is 0 Å². The number of carbonyl (C=O) groups is 2. The monoisotopic (exact) mass is 344 g/mol. The topological polar surface area (TPSA) is 105 Å². The van der Waals surface area contributed by atoms with Crippen molar-refractivity contribution in [3.8, 4) is 11.6 Å². The van der Waals surface area contributed by atoms with E-state index in [-0.39, 0.29) is 11.3 Å². The SMILES string of the molecule is CNC(=O)c1cc(C(=O)Nc2cc3n(n2)CCCCO3)c(C)cc1O. The molecule has 0 atom stereocenters. The summed E-state index contributed by atoms with van der Waals surface area (Å²) in [5.41, 5.74) is 0.891. The third-order valence-corrected chi connectivity index (χ3v) is 4.06. The van der Waals surface area contributed by atoms with Crippen LogP contribution in [0.15, 0.2) is 18.2 Å². The number of fused-ring (bicyclic) bond motifs is 1. The summed E-state index contributed by atoms with van der Waals surface area (Å²) in [6.07, 6.45) is 1.94. The predicted molar refractivity (Wildman–Crippen MR) is 91.1 cm³/mol. The van der Waals surface area contributed by atoms with Crippen molar-refractivity contribution < 1.29 is 19.4 Å². The zero-order valence-electron chi connectivity index (χ0n) is 14.1. The standard InChI is InChI=1S/C17H20N4O4/c1-10-7-13(22)12(16(23)18-2)8-11(10)17(24)19-14-9-15-21(20-14)5-3-4-6-25-15/h7-9,22H,3-6H2,1-2H3,(H,18,23)(H,19,20,24). The van der Waals surface area contributed by atoms with Crippen molar-refractivity contribution in [1.82, 2.24) is 15.1 Å². The van der Waals surface area contributed by atoms with Crippen molar-refractivity contribution in [2.75, 3.05) is 19.0 Å². The second kappa shape index (κ2) is 6.84. The lowest BCUT2D eigenvalue weighted by molar-refractivity contribution is 0.0960. The molecule has 0 aliphatic carbocycles. The molecule has 0 saturated carbocycles. The molecule has 1 aliphatic heterocycles. The van der Waals surface area contributed by atoms with Gasteiger partial charge in [-0.05, 0) is 37.5 Å². The van der Waals surface area contributed by atoms with E-state index in [1.807, 2.05) is 0 Å². The average Bonchev–Trinajstić information content (AvgIpc) is 2.82. The number of benzene rings is 1. The molecule has 1 aromatic heterocycles. The maximum Gasteiger partial charge on any atom is 0.257 e. The van der Waals surface area contributed by atoms with Gasteiger partial charge in [-0.2, -0.15) is 5.10 Å². The zero-order valence-corrected chi connectivity index (χ0v) is 14.1. The Morgan fingerprint density at radius 2 is 2.00 bits per heavy atom. The maximum atomic E-state index is 12.6. The van der Waals surface area contributed by atoms with Gasteiger partial charge in [-0.3, -0.25) is 9.59 Å². The predicted octanol–water partition coefficient (Wildman–Crippen LogP) is 1.68. The van der Waals surface area contributed by atoms with Crippen LogP contribution < -0.4 is 15.4 Å². The molecule has 1 aliphatic rings. The van der Waals surface area contributed by atoms with Crippen LogP contribution in [0.3, 0.4) is 0 Å². The number of rotatable bonds is 3. The number of aromatic hydroxyl groups is 1. The van der Waals surface area contributed by atoms with Crippen LogP contribution in [0, 0.1) is 6.92 Å². The first kappa shape index (κ1) is 16.8. The molecule has 25 heavy (non-hydrogen) atoms. The van der Waals surface area contributed by atoms with E-state index in [0.717, 1.165) is 19.4 Å². The van der Waals surface area contributed by atoms with Gasteiger partial charge in [0.1, 0.15) is 5.75 Å². The first-order valence-corrected chi connectivity index (χ1v) is 8.07. The van der Waals surface area contributed by atoms with Crippen molar-refractivity contribution in [1.29, 1.82) is 0 Å². The fourth-order valence-electron chi connectivity index (χ4n) is 2.71. The quantitative estimate of drug-likeness (QED) is 0.786. The molecule has 132 valence electrons. The summed E-state index contributed by atoms with van der Waals surface area (Å²) in [4.78, 5) is 24.4. The lowest BCUT2D eigenvalue weighted by Gasteiger charge is -2.10. The normalized spacial score (nSPS) is 13.4. The summed E-state index contributed by atoms with van der Waals surface area (Å²) in [5.74, 6) is -0.0304. The molecule has 8 nitrogen and oxygen atoms in total. The number of aryl methyl sites for hydroxylation is 2. The van der Waals surface area contributed by atoms with Crippen LogP contribution in [0.1, 0.15) is 39.1 Å². The van der Waals surface area contributed by atoms with Gasteiger partial charge >= 0.3 is 0 Å². The molecule has 0 spiro atoms. The van der Waals surface area contributed by atoms with Gasteiger partial charge in [-0.1, -0.05) is 0 Å². The Kier molecular flexibility index (Phi) is 4.60. The lowest BCUT2D eigenvalue weighted by Crippen LogP contribution is -2.20. The maximum absolute atomic E-state index is 12.6. The highest BCUT2D eigenvalue weighted by Gasteiger charge is 2.19. The van der Waals surface area contributed by atoms with E-state index in [1.165, 1.54) is 19.2 Å². The van der Waals surface area contributed by atoms with Crippen molar-refractivity contribution in [2.45, 2.75) is 26.3 Å². The molecule has 2 heterocycles. The number of carbonyl (C=O) groups excluding carboxylic acids is 2. The Hall–Kier alpha value is -3.03. The Morgan fingerprint density at radius 1 is 1.20 bits per heavy atom. The van der Waals surface area contributed by atoms with Crippen LogP contribution in [-0.4, -0.2) is 40.4 Å². The minimum absolute atomic E-state index is 0.0437. The molecule has 0 bridgehead atoms. The zero-order chi connectivity index (χ0) is 18.0. The minimum atomic E-state index is -0.464. The number of hydrogen-bond acceptors (Lipinski definition) is 5. The van der Waals surface area contributed by atoms with Gasteiger partial charge in [0.05, 0.1) is 12.2 Å². The molecule has 8 heteroatoms. The molecule has 1 aromatic carbocycles. The van der Waals surface area contributed by atoms with E-state index in [4.69, 9.17) is 4.74 Å². The molecular formula is C17H20N4O4. The van der Waals surface area contributed by atoms with Crippen molar-refractivity contribution >= 4 is 17.6 Å². The number of anilines is 1. The van der Waals surface area contributed by atoms with E-state index in [9.17, 15) is 14.7 Å². The van der Waals surface area contributed by atoms with Crippen molar-refractivity contribution in [2.24, 2.45) is 0 Å². The summed E-state index contributed by atoms with van der Waals surface area (Å²) in [5, 5.41) is 19.4. The summed E-state index contributed by atoms with van der Waals surface area (Å²) < 4.78 is 7.31. The van der Waals surface area contributed by atoms with Crippen LogP contribution in [0.5, 0.6) is 11.6 Å². The largest absolute Gasteiger partial charge is 0.507 e. The van der Waals surface area contributed by atoms with Gasteiger partial charge in [0.15, 0.2) is 5.82 Å². The summed E-state index contributed by atoms with van der Waals surface area (Å²) >= 11 is 0. The first-order chi connectivity index (χ1) is 12.0. The Balaban J connectivity index is 1.85. The number of amides is 2. The van der Waals surface area contributed by atoms with E-state index < -0.39 is 11.8 Å². The van der Waals surface area contributed by atoms with Crippen LogP contribution in [0.25, 0.3) is 0 Å². The van der Waals surface area contributed by atoms with Gasteiger partial charge in [0.25, 0.3) is 11.8 Å². The van der Waals surface area contributed by atoms with Gasteiger partial charge in [0.2, 0.25) is 5.88 Å². The smallest absolute Gasteiger partial charge is 0.257 e. The lowest BCUT2D eigenvalue weighted by atomic mass is 10.0. The Morgan fingerprint density at radius 3 is 2.76 bits per heavy atom. The second-order valence-electron chi connectivity index (χ2n) is 5.86. The number of nitrogens with one attached hydrogen (secondary N) is 2. The van der Waals surface area contributed by atoms with Crippen molar-refractivity contribution in [3.05, 3.63) is 34.9 Å². The van der Waals surface area contributed by atoms with Crippen LogP contribution in [0.2, 0.25) is 0 Å². The highest BCUT2D eigenvalue weighted by atomic mass is 16.5. The molecule has 3 rings (SSSR count). The third-order valence-electron chi connectivity index (χ3n) is 4.06. The second-order valence-corrected chi connectivity index (χ2v) is 5.86. The third kappa shape index (κ3) is 3.42. The van der Waals surface area contributed by atoms with Gasteiger partial charge in [0, 0.05) is 25.2 Å². The number of nitrogens with zero attached hydrogens (tertiary/aromatic N) is 2. The summed E-state index contributed by atoms with van der Waals surface area (Å²) in [6.45, 7) is 3.06. The number of hydrogen-bond donors (Lipinski definition) is 3. The number of aromatic nitrogens is 2. The van der Waals surface area contributed by atoms with E-state index in [0.29, 0.717) is 29.4 Å². The van der Waals surface area contributed by atoms with Gasteiger partial charge in [-0.15, -0.1) is 0 Å². The van der Waals surface area contributed by atoms with Crippen LogP contribution >= 0.6 is 0 Å². The first-order valence-electron chi connectivity index (χ1n) is 8.07. The van der Waals surface area contributed by atoms with Gasteiger partial charge in [-0.25, -0.2) is 4.68 Å². The molecule has 0 radical (unpaired) electrons. The molecule has 2 amide bonds. The summed E-state index contributed by atoms with van der Waals surface area (Å²) in [7, 11) is 1.46. The molecule has 0 saturated heterocycles. The molecule has 3 N–H and O–H groups in total. The highest BCUT2D eigenvalue weighted by Crippen LogP contribution is 2.25. The average molecular weight is 344 g/mol. The van der Waals surface area contributed by atoms with Crippen molar-refractivity contribution in [3.63, 3.8) is 0 Å². The fourth-order valence-corrected chi connectivity index (χ4v) is 2.71. The molecule has 0 unspecified atom stereocenters. The molecular weight excluding hydrogens is 324 g/mol. The van der Waals surface area contributed by atoms with Gasteiger partial charge < -0.3 is 20.5 Å². The Bertz CT molecular complexity index is 805. The molecule has 0 fully saturated rings. The number of ether oxygens (including phenoxy) is 1. The van der Waals surface area contributed by atoms with E-state index in [2.05, 4.69) is 15.7 Å². The van der Waals surface area contributed by atoms with Crippen LogP contribution in [0.4, 0.5) is 5.82 Å².